The maximum atomic E-state index is 13.2. The number of alkyl halides is 3. The average Bonchev–Trinajstić information content (AvgIpc) is 3.12. The molecule has 7 heteroatoms. The Bertz CT molecular complexity index is 831. The molecule has 2 aromatic carbocycles. The highest BCUT2D eigenvalue weighted by atomic mass is 35.5. The first-order valence-corrected chi connectivity index (χ1v) is 9.60. The number of piperidine rings is 1. The monoisotopic (exact) mass is 427 g/mol. The Hall–Kier alpha value is -1.76. The van der Waals surface area contributed by atoms with Gasteiger partial charge in [0.2, 0.25) is 0 Å². The number of hydrogen-bond acceptors (Lipinski definition) is 3. The lowest BCUT2D eigenvalue weighted by atomic mass is 9.76. The van der Waals surface area contributed by atoms with Crippen molar-refractivity contribution in [2.45, 2.75) is 43.0 Å². The van der Waals surface area contributed by atoms with Crippen LogP contribution in [0.4, 0.5) is 13.2 Å². The van der Waals surface area contributed by atoms with Crippen molar-refractivity contribution in [2.75, 3.05) is 20.3 Å². The van der Waals surface area contributed by atoms with Crippen LogP contribution in [0.5, 0.6) is 5.75 Å². The van der Waals surface area contributed by atoms with Gasteiger partial charge in [0.25, 0.3) is 0 Å². The molecule has 0 aliphatic carbocycles. The van der Waals surface area contributed by atoms with Crippen LogP contribution in [0.3, 0.4) is 0 Å². The fourth-order valence-corrected chi connectivity index (χ4v) is 4.64. The first kappa shape index (κ1) is 21.9. The van der Waals surface area contributed by atoms with Crippen molar-refractivity contribution in [3.63, 3.8) is 0 Å². The smallest absolute Gasteiger partial charge is 0.416 e. The summed E-state index contributed by atoms with van der Waals surface area (Å²) in [6.07, 6.45) is -1.85. The summed E-state index contributed by atoms with van der Waals surface area (Å²) in [7, 11) is 1.49. The van der Waals surface area contributed by atoms with Gasteiger partial charge in [-0.15, -0.1) is 12.4 Å². The molecule has 1 spiro atoms. The number of hydrogen-bond donors (Lipinski definition) is 1. The van der Waals surface area contributed by atoms with Crippen molar-refractivity contribution in [2.24, 2.45) is 0 Å². The normalized spacial score (nSPS) is 26.9. The molecule has 2 fully saturated rings. The fraction of sp³-hybridized carbons (Fsp3) is 0.455. The number of halogens is 4. The van der Waals surface area contributed by atoms with Gasteiger partial charge in [-0.25, -0.2) is 0 Å². The van der Waals surface area contributed by atoms with E-state index >= 15 is 0 Å². The van der Waals surface area contributed by atoms with Crippen LogP contribution in [-0.4, -0.2) is 25.9 Å². The largest absolute Gasteiger partial charge is 0.496 e. The van der Waals surface area contributed by atoms with E-state index in [-0.39, 0.29) is 24.4 Å². The Morgan fingerprint density at radius 2 is 1.90 bits per heavy atom. The Kier molecular flexibility index (Phi) is 6.46. The molecule has 1 N–H and O–H groups in total. The van der Waals surface area contributed by atoms with E-state index in [0.717, 1.165) is 31.0 Å². The van der Waals surface area contributed by atoms with Crippen LogP contribution in [0, 0.1) is 0 Å². The van der Waals surface area contributed by atoms with Crippen molar-refractivity contribution in [1.82, 2.24) is 5.32 Å². The lowest BCUT2D eigenvalue weighted by molar-refractivity contribution is -0.137. The van der Waals surface area contributed by atoms with Gasteiger partial charge in [-0.05, 0) is 49.6 Å². The summed E-state index contributed by atoms with van der Waals surface area (Å²) < 4.78 is 51.4. The Morgan fingerprint density at radius 3 is 2.59 bits per heavy atom. The Labute approximate surface area is 175 Å². The highest BCUT2D eigenvalue weighted by molar-refractivity contribution is 5.85. The summed E-state index contributed by atoms with van der Waals surface area (Å²) in [6, 6.07) is 13.9. The minimum Gasteiger partial charge on any atom is -0.496 e. The van der Waals surface area contributed by atoms with Gasteiger partial charge in [-0.3, -0.25) is 0 Å². The summed E-state index contributed by atoms with van der Waals surface area (Å²) >= 11 is 0. The van der Waals surface area contributed by atoms with Gasteiger partial charge in [-0.1, -0.05) is 30.3 Å². The molecule has 158 valence electrons. The van der Waals surface area contributed by atoms with Gasteiger partial charge in [0.15, 0.2) is 0 Å². The molecule has 3 atom stereocenters. The highest BCUT2D eigenvalue weighted by Crippen LogP contribution is 2.50. The molecule has 0 bridgehead atoms. The molecular weight excluding hydrogens is 403 g/mol. The molecule has 0 saturated carbocycles. The quantitative estimate of drug-likeness (QED) is 0.701. The number of methoxy groups -OCH3 is 1. The van der Waals surface area contributed by atoms with E-state index in [4.69, 9.17) is 9.47 Å². The molecular formula is C22H25ClF3NO2. The summed E-state index contributed by atoms with van der Waals surface area (Å²) in [6.45, 7) is 1.30. The molecule has 2 heterocycles. The van der Waals surface area contributed by atoms with Crippen LogP contribution < -0.4 is 10.1 Å². The van der Waals surface area contributed by atoms with Gasteiger partial charge < -0.3 is 14.8 Å². The van der Waals surface area contributed by atoms with E-state index in [1.807, 2.05) is 18.2 Å². The Balaban J connectivity index is 0.00000240. The molecule has 0 radical (unpaired) electrons. The second kappa shape index (κ2) is 8.54. The number of benzene rings is 2. The standard InChI is InChI=1S/C22H24F3NO2.ClH/c1-27-19-9-8-17(22(23,24)25)12-18(19)16-13-21(28-14-16)10-5-11-26-20(21)15-6-3-2-4-7-15;/h2-4,6-9,12,16,20,26H,5,10-11,13-14H2,1H3;1H/t16-,20-,21+;/m0./s1. The third-order valence-electron chi connectivity index (χ3n) is 5.94. The SMILES string of the molecule is COc1ccc(C(F)(F)F)cc1[C@@H]1CO[C@]2(CCCN[C@H]2c2ccccc2)C1.Cl. The van der Waals surface area contributed by atoms with Crippen molar-refractivity contribution in [1.29, 1.82) is 0 Å². The van der Waals surface area contributed by atoms with Crippen LogP contribution in [0.25, 0.3) is 0 Å². The van der Waals surface area contributed by atoms with Gasteiger partial charge in [0.05, 0.1) is 30.9 Å². The number of rotatable bonds is 3. The van der Waals surface area contributed by atoms with E-state index < -0.39 is 17.3 Å². The lowest BCUT2D eigenvalue weighted by Gasteiger charge is -2.41. The third-order valence-corrected chi connectivity index (χ3v) is 5.94. The van der Waals surface area contributed by atoms with E-state index in [1.54, 1.807) is 0 Å². The van der Waals surface area contributed by atoms with Crippen LogP contribution in [-0.2, 0) is 10.9 Å². The maximum absolute atomic E-state index is 13.2. The van der Waals surface area contributed by atoms with Gasteiger partial charge in [-0.2, -0.15) is 13.2 Å². The number of nitrogens with one attached hydrogen (secondary N) is 1. The molecule has 3 nitrogen and oxygen atoms in total. The lowest BCUT2D eigenvalue weighted by Crippen LogP contribution is -2.48. The van der Waals surface area contributed by atoms with Crippen molar-refractivity contribution >= 4 is 12.4 Å². The van der Waals surface area contributed by atoms with Crippen LogP contribution in [0.2, 0.25) is 0 Å². The average molecular weight is 428 g/mol. The van der Waals surface area contributed by atoms with Crippen molar-refractivity contribution in [3.8, 4) is 5.75 Å². The highest BCUT2D eigenvalue weighted by Gasteiger charge is 2.49. The zero-order valence-corrected chi connectivity index (χ0v) is 17.0. The summed E-state index contributed by atoms with van der Waals surface area (Å²) in [5, 5.41) is 3.57. The topological polar surface area (TPSA) is 30.5 Å². The van der Waals surface area contributed by atoms with E-state index in [9.17, 15) is 13.2 Å². The molecule has 0 unspecified atom stereocenters. The van der Waals surface area contributed by atoms with Crippen molar-refractivity contribution in [3.05, 3.63) is 65.2 Å². The molecule has 2 aliphatic heterocycles. The van der Waals surface area contributed by atoms with E-state index in [0.29, 0.717) is 24.3 Å². The molecule has 2 aromatic rings. The van der Waals surface area contributed by atoms with E-state index in [1.165, 1.54) is 19.2 Å². The first-order chi connectivity index (χ1) is 13.4. The zero-order valence-electron chi connectivity index (χ0n) is 16.2. The fourth-order valence-electron chi connectivity index (χ4n) is 4.64. The van der Waals surface area contributed by atoms with Crippen LogP contribution in [0.15, 0.2) is 48.5 Å². The minimum absolute atomic E-state index is 0. The molecule has 2 aliphatic rings. The van der Waals surface area contributed by atoms with Crippen LogP contribution >= 0.6 is 12.4 Å². The number of ether oxygens (including phenoxy) is 2. The zero-order chi connectivity index (χ0) is 19.8. The second-order valence-electron chi connectivity index (χ2n) is 7.63. The van der Waals surface area contributed by atoms with Crippen molar-refractivity contribution < 1.29 is 22.6 Å². The predicted molar refractivity (Wildman–Crippen MR) is 108 cm³/mol. The summed E-state index contributed by atoms with van der Waals surface area (Å²) in [4.78, 5) is 0. The molecule has 0 amide bonds. The molecule has 29 heavy (non-hydrogen) atoms. The minimum atomic E-state index is -4.38. The predicted octanol–water partition coefficient (Wildman–Crippen LogP) is 5.50. The van der Waals surface area contributed by atoms with Gasteiger partial charge in [0.1, 0.15) is 5.75 Å². The first-order valence-electron chi connectivity index (χ1n) is 9.60. The maximum Gasteiger partial charge on any atom is 0.416 e. The van der Waals surface area contributed by atoms with Crippen LogP contribution in [0.1, 0.15) is 47.9 Å². The molecule has 4 rings (SSSR count). The van der Waals surface area contributed by atoms with E-state index in [2.05, 4.69) is 17.4 Å². The summed E-state index contributed by atoms with van der Waals surface area (Å²) in [5.74, 6) is 0.349. The molecule has 0 aromatic heterocycles. The summed E-state index contributed by atoms with van der Waals surface area (Å²) in [5.41, 5.74) is 0.667. The molecule has 2 saturated heterocycles. The van der Waals surface area contributed by atoms with Gasteiger partial charge in [0, 0.05) is 11.5 Å². The van der Waals surface area contributed by atoms with Gasteiger partial charge >= 0.3 is 6.18 Å². The Morgan fingerprint density at radius 1 is 1.14 bits per heavy atom. The third kappa shape index (κ3) is 4.25. The second-order valence-corrected chi connectivity index (χ2v) is 7.63.